The summed E-state index contributed by atoms with van der Waals surface area (Å²) in [6.07, 6.45) is 1.34. The molecule has 26 heavy (non-hydrogen) atoms. The first kappa shape index (κ1) is 18.4. The maximum absolute atomic E-state index is 11.9. The smallest absolute Gasteiger partial charge is 0.349 e. The van der Waals surface area contributed by atoms with Gasteiger partial charge in [-0.3, -0.25) is 14.9 Å². The summed E-state index contributed by atoms with van der Waals surface area (Å²) in [5.41, 5.74) is 0.0628. The molecule has 0 saturated carbocycles. The zero-order chi connectivity index (χ0) is 18.9. The number of hydrogen-bond donors (Lipinski definition) is 1. The number of nitro benzene ring substituents is 1. The second kappa shape index (κ2) is 8.75. The number of amides is 1. The average Bonchev–Trinajstić information content (AvgIpc) is 2.65. The van der Waals surface area contributed by atoms with Crippen LogP contribution in [0, 0.1) is 21.4 Å². The van der Waals surface area contributed by atoms with Gasteiger partial charge in [0.1, 0.15) is 17.3 Å². The number of esters is 1. The minimum Gasteiger partial charge on any atom is -0.451 e. The lowest BCUT2D eigenvalue weighted by Crippen LogP contribution is -2.21. The Kier molecular flexibility index (Phi) is 6.17. The highest BCUT2D eigenvalue weighted by atomic mass is 16.6. The van der Waals surface area contributed by atoms with E-state index >= 15 is 0 Å². The fourth-order valence-corrected chi connectivity index (χ4v) is 1.99. The predicted molar refractivity (Wildman–Crippen MR) is 92.7 cm³/mol. The molecule has 0 heterocycles. The van der Waals surface area contributed by atoms with Crippen molar-refractivity contribution in [1.82, 2.24) is 0 Å². The fraction of sp³-hybridized carbons (Fsp3) is 0.0556. The van der Waals surface area contributed by atoms with E-state index in [0.29, 0.717) is 5.56 Å². The number of benzene rings is 2. The van der Waals surface area contributed by atoms with Crippen molar-refractivity contribution in [3.05, 3.63) is 75.8 Å². The molecule has 0 atom stereocenters. The molecular formula is C18H13N3O5. The van der Waals surface area contributed by atoms with Crippen LogP contribution in [-0.4, -0.2) is 23.4 Å². The van der Waals surface area contributed by atoms with Gasteiger partial charge in [-0.15, -0.1) is 0 Å². The van der Waals surface area contributed by atoms with Crippen LogP contribution in [0.2, 0.25) is 0 Å². The first-order chi connectivity index (χ1) is 12.5. The lowest BCUT2D eigenvalue weighted by atomic mass is 10.1. The maximum atomic E-state index is 11.9. The van der Waals surface area contributed by atoms with Crippen LogP contribution >= 0.6 is 0 Å². The van der Waals surface area contributed by atoms with Crippen LogP contribution in [0.3, 0.4) is 0 Å². The molecule has 0 aromatic heterocycles. The summed E-state index contributed by atoms with van der Waals surface area (Å²) >= 11 is 0. The third kappa shape index (κ3) is 5.01. The summed E-state index contributed by atoms with van der Waals surface area (Å²) < 4.78 is 4.79. The molecule has 0 fully saturated rings. The molecule has 0 unspecified atom stereocenters. The monoisotopic (exact) mass is 351 g/mol. The number of nitro groups is 1. The van der Waals surface area contributed by atoms with Crippen molar-refractivity contribution >= 4 is 29.3 Å². The Hall–Kier alpha value is -3.99. The lowest BCUT2D eigenvalue weighted by molar-refractivity contribution is -0.383. The molecule has 0 spiro atoms. The highest BCUT2D eigenvalue weighted by molar-refractivity contribution is 6.00. The second-order valence-corrected chi connectivity index (χ2v) is 4.98. The van der Waals surface area contributed by atoms with E-state index in [1.54, 1.807) is 36.4 Å². The molecule has 1 amide bonds. The summed E-state index contributed by atoms with van der Waals surface area (Å²) in [6.45, 7) is -0.682. The highest BCUT2D eigenvalue weighted by Gasteiger charge is 2.17. The second-order valence-electron chi connectivity index (χ2n) is 4.98. The molecule has 0 aliphatic carbocycles. The summed E-state index contributed by atoms with van der Waals surface area (Å²) in [6, 6.07) is 16.0. The van der Waals surface area contributed by atoms with Crippen LogP contribution in [0.5, 0.6) is 0 Å². The molecule has 0 radical (unpaired) electrons. The van der Waals surface area contributed by atoms with Crippen molar-refractivity contribution in [1.29, 1.82) is 5.26 Å². The number of carbonyl (C=O) groups excluding carboxylic acids is 2. The van der Waals surface area contributed by atoms with Crippen molar-refractivity contribution < 1.29 is 19.2 Å². The molecule has 2 aromatic rings. The quantitative estimate of drug-likeness (QED) is 0.281. The van der Waals surface area contributed by atoms with Crippen molar-refractivity contribution in [3.63, 3.8) is 0 Å². The summed E-state index contributed by atoms with van der Waals surface area (Å²) in [5, 5.41) is 22.3. The van der Waals surface area contributed by atoms with E-state index in [1.807, 2.05) is 0 Å². The van der Waals surface area contributed by atoms with Crippen molar-refractivity contribution in [2.45, 2.75) is 0 Å². The number of nitrogens with one attached hydrogen (secondary N) is 1. The van der Waals surface area contributed by atoms with Crippen LogP contribution < -0.4 is 5.32 Å². The molecule has 1 N–H and O–H groups in total. The fourth-order valence-electron chi connectivity index (χ4n) is 1.99. The van der Waals surface area contributed by atoms with E-state index in [4.69, 9.17) is 10.00 Å². The molecule has 2 rings (SSSR count). The first-order valence-electron chi connectivity index (χ1n) is 7.38. The molecule has 0 saturated heterocycles. The molecule has 130 valence electrons. The normalized spacial score (nSPS) is 10.5. The van der Waals surface area contributed by atoms with Gasteiger partial charge in [-0.1, -0.05) is 42.5 Å². The number of ether oxygens (including phenoxy) is 1. The van der Waals surface area contributed by atoms with Crippen LogP contribution in [0.15, 0.2) is 60.2 Å². The molecule has 0 bridgehead atoms. The minimum atomic E-state index is -0.964. The van der Waals surface area contributed by atoms with E-state index in [-0.39, 0.29) is 16.9 Å². The van der Waals surface area contributed by atoms with E-state index in [1.165, 1.54) is 30.3 Å². The minimum absolute atomic E-state index is 0.0149. The first-order valence-corrected chi connectivity index (χ1v) is 7.38. The zero-order valence-corrected chi connectivity index (χ0v) is 13.4. The summed E-state index contributed by atoms with van der Waals surface area (Å²) in [4.78, 5) is 34.0. The average molecular weight is 351 g/mol. The molecule has 0 aliphatic heterocycles. The topological polar surface area (TPSA) is 122 Å². The highest BCUT2D eigenvalue weighted by Crippen LogP contribution is 2.22. The van der Waals surface area contributed by atoms with Crippen molar-refractivity contribution in [2.75, 3.05) is 11.9 Å². The van der Waals surface area contributed by atoms with Crippen LogP contribution in [-0.2, 0) is 14.3 Å². The van der Waals surface area contributed by atoms with Gasteiger partial charge in [0.15, 0.2) is 6.61 Å². The van der Waals surface area contributed by atoms with Gasteiger partial charge in [0.2, 0.25) is 0 Å². The number of para-hydroxylation sites is 2. The summed E-state index contributed by atoms with van der Waals surface area (Å²) in [5.74, 6) is -1.72. The van der Waals surface area contributed by atoms with E-state index in [2.05, 4.69) is 5.32 Å². The SMILES string of the molecule is N#C/C(=C\c1ccccc1)C(=O)OCC(=O)Nc1ccccc1[N+](=O)[O-]. The number of nitriles is 1. The zero-order valence-electron chi connectivity index (χ0n) is 13.4. The number of anilines is 1. The third-order valence-electron chi connectivity index (χ3n) is 3.16. The van der Waals surface area contributed by atoms with Crippen LogP contribution in [0.1, 0.15) is 5.56 Å². The van der Waals surface area contributed by atoms with Gasteiger partial charge >= 0.3 is 5.97 Å². The molecule has 0 aliphatic rings. The Balaban J connectivity index is 1.99. The summed E-state index contributed by atoms with van der Waals surface area (Å²) in [7, 11) is 0. The van der Waals surface area contributed by atoms with Gasteiger partial charge in [-0.05, 0) is 17.7 Å². The molecule has 8 heteroatoms. The van der Waals surface area contributed by atoms with Gasteiger partial charge < -0.3 is 10.1 Å². The lowest BCUT2D eigenvalue weighted by Gasteiger charge is -2.06. The van der Waals surface area contributed by atoms with Crippen LogP contribution in [0.4, 0.5) is 11.4 Å². The molecule has 2 aromatic carbocycles. The maximum Gasteiger partial charge on any atom is 0.349 e. The number of carbonyl (C=O) groups is 2. The third-order valence-corrected chi connectivity index (χ3v) is 3.16. The molecular weight excluding hydrogens is 338 g/mol. The Labute approximate surface area is 148 Å². The van der Waals surface area contributed by atoms with Crippen molar-refractivity contribution in [2.24, 2.45) is 0 Å². The van der Waals surface area contributed by atoms with Gasteiger partial charge in [0.25, 0.3) is 11.6 Å². The van der Waals surface area contributed by atoms with E-state index < -0.39 is 23.4 Å². The number of hydrogen-bond acceptors (Lipinski definition) is 6. The Morgan fingerprint density at radius 3 is 2.46 bits per heavy atom. The van der Waals surface area contributed by atoms with E-state index in [0.717, 1.165) is 0 Å². The van der Waals surface area contributed by atoms with Gasteiger partial charge in [0.05, 0.1) is 4.92 Å². The Morgan fingerprint density at radius 1 is 1.15 bits per heavy atom. The number of nitrogens with zero attached hydrogens (tertiary/aromatic N) is 2. The molecule has 8 nitrogen and oxygen atoms in total. The standard InChI is InChI=1S/C18H13N3O5/c19-11-14(10-13-6-2-1-3-7-13)18(23)26-12-17(22)20-15-8-4-5-9-16(15)21(24)25/h1-10H,12H2,(H,20,22)/b14-10+. The van der Waals surface area contributed by atoms with E-state index in [9.17, 15) is 19.7 Å². The largest absolute Gasteiger partial charge is 0.451 e. The van der Waals surface area contributed by atoms with Gasteiger partial charge in [0, 0.05) is 6.07 Å². The van der Waals surface area contributed by atoms with Gasteiger partial charge in [-0.25, -0.2) is 4.79 Å². The predicted octanol–water partition coefficient (Wildman–Crippen LogP) is 2.68. The van der Waals surface area contributed by atoms with Gasteiger partial charge in [-0.2, -0.15) is 5.26 Å². The Bertz CT molecular complexity index is 901. The van der Waals surface area contributed by atoms with Crippen molar-refractivity contribution in [3.8, 4) is 6.07 Å². The number of rotatable bonds is 6. The van der Waals surface area contributed by atoms with Crippen LogP contribution in [0.25, 0.3) is 6.08 Å². The Morgan fingerprint density at radius 2 is 1.81 bits per heavy atom.